The van der Waals surface area contributed by atoms with E-state index in [1.165, 1.54) is 16.8 Å². The third kappa shape index (κ3) is 4.07. The van der Waals surface area contributed by atoms with Gasteiger partial charge < -0.3 is 14.8 Å². The van der Waals surface area contributed by atoms with Crippen molar-refractivity contribution in [2.45, 2.75) is 32.9 Å². The molecule has 0 spiro atoms. The van der Waals surface area contributed by atoms with E-state index >= 15 is 0 Å². The van der Waals surface area contributed by atoms with Crippen LogP contribution in [0.25, 0.3) is 11.0 Å². The lowest BCUT2D eigenvalue weighted by molar-refractivity contribution is 0.0939. The maximum absolute atomic E-state index is 12.9. The molecule has 0 radical (unpaired) electrons. The molecule has 1 aliphatic heterocycles. The van der Waals surface area contributed by atoms with Gasteiger partial charge in [0, 0.05) is 17.2 Å². The molecule has 1 aromatic carbocycles. The van der Waals surface area contributed by atoms with Gasteiger partial charge in [0.05, 0.1) is 17.0 Å². The number of aryl methyl sites for hydroxylation is 1. The molecule has 1 atom stereocenters. The first kappa shape index (κ1) is 21.1. The molecule has 0 aliphatic carbocycles. The number of aromatic nitrogens is 3. The predicted octanol–water partition coefficient (Wildman–Crippen LogP) is 2.52. The van der Waals surface area contributed by atoms with E-state index in [0.29, 0.717) is 37.7 Å². The van der Waals surface area contributed by atoms with Crippen molar-refractivity contribution >= 4 is 32.9 Å². The first-order chi connectivity index (χ1) is 14.9. The number of carbonyl (C=O) groups excluding carboxylic acids is 1. The van der Waals surface area contributed by atoms with Gasteiger partial charge in [-0.3, -0.25) is 19.1 Å². The van der Waals surface area contributed by atoms with Crippen molar-refractivity contribution in [2.24, 2.45) is 0 Å². The van der Waals surface area contributed by atoms with E-state index in [4.69, 9.17) is 9.47 Å². The Morgan fingerprint density at radius 1 is 1.26 bits per heavy atom. The molecular weight excluding hydrogens is 468 g/mol. The van der Waals surface area contributed by atoms with Crippen LogP contribution in [0.2, 0.25) is 0 Å². The summed E-state index contributed by atoms with van der Waals surface area (Å²) in [6.07, 6.45) is 2.07. The SMILES string of the molecule is CCCn1c(=O)[nH]c(=O)c2cc(C(=O)NC(C)c3cc4c(cc3Br)OCCO4)cnc21. The molecule has 1 aliphatic rings. The highest BCUT2D eigenvalue weighted by molar-refractivity contribution is 9.10. The van der Waals surface area contributed by atoms with Crippen molar-refractivity contribution in [1.82, 2.24) is 19.9 Å². The highest BCUT2D eigenvalue weighted by Crippen LogP contribution is 2.37. The van der Waals surface area contributed by atoms with Crippen molar-refractivity contribution in [1.29, 1.82) is 0 Å². The zero-order chi connectivity index (χ0) is 22.1. The van der Waals surface area contributed by atoms with Crippen LogP contribution in [-0.2, 0) is 6.54 Å². The van der Waals surface area contributed by atoms with Gasteiger partial charge in [0.25, 0.3) is 11.5 Å². The van der Waals surface area contributed by atoms with Crippen LogP contribution in [0.1, 0.15) is 42.2 Å². The fraction of sp³-hybridized carbons (Fsp3) is 0.333. The molecule has 1 amide bonds. The smallest absolute Gasteiger partial charge is 0.329 e. The molecule has 0 bridgehead atoms. The molecule has 31 heavy (non-hydrogen) atoms. The summed E-state index contributed by atoms with van der Waals surface area (Å²) in [5, 5.41) is 3.10. The molecule has 0 saturated heterocycles. The standard InChI is InChI=1S/C21H21BrN4O5/c1-3-4-26-18-14(20(28)25-21(26)29)7-12(10-23-18)19(27)24-11(2)13-8-16-17(9-15(13)22)31-6-5-30-16/h7-11H,3-6H2,1-2H3,(H,24,27)(H,25,28,29). The van der Waals surface area contributed by atoms with Crippen molar-refractivity contribution in [3.8, 4) is 11.5 Å². The van der Waals surface area contributed by atoms with Crippen LogP contribution in [0.15, 0.2) is 38.5 Å². The molecular formula is C21H21BrN4O5. The minimum absolute atomic E-state index is 0.189. The molecule has 2 aromatic heterocycles. The van der Waals surface area contributed by atoms with Gasteiger partial charge in [-0.2, -0.15) is 0 Å². The average Bonchev–Trinajstić information content (AvgIpc) is 2.75. The van der Waals surface area contributed by atoms with Crippen LogP contribution < -0.4 is 26.0 Å². The third-order valence-corrected chi connectivity index (χ3v) is 5.70. The normalized spacial score (nSPS) is 13.8. The first-order valence-corrected chi connectivity index (χ1v) is 10.7. The second-order valence-corrected chi connectivity index (χ2v) is 8.07. The van der Waals surface area contributed by atoms with Crippen molar-refractivity contribution in [2.75, 3.05) is 13.2 Å². The summed E-state index contributed by atoms with van der Waals surface area (Å²) in [7, 11) is 0. The summed E-state index contributed by atoms with van der Waals surface area (Å²) in [5.41, 5.74) is 0.217. The number of amides is 1. The van der Waals surface area contributed by atoms with Gasteiger partial charge in [-0.1, -0.05) is 22.9 Å². The molecule has 2 N–H and O–H groups in total. The number of pyridine rings is 1. The number of fused-ring (bicyclic) bond motifs is 2. The summed E-state index contributed by atoms with van der Waals surface area (Å²) in [6.45, 7) is 5.14. The number of nitrogens with zero attached hydrogens (tertiary/aromatic N) is 2. The lowest BCUT2D eigenvalue weighted by Crippen LogP contribution is -2.32. The Balaban J connectivity index is 1.63. The Morgan fingerprint density at radius 3 is 2.68 bits per heavy atom. The lowest BCUT2D eigenvalue weighted by atomic mass is 10.1. The van der Waals surface area contributed by atoms with Gasteiger partial charge in [-0.15, -0.1) is 0 Å². The molecule has 10 heteroatoms. The number of benzene rings is 1. The predicted molar refractivity (Wildman–Crippen MR) is 118 cm³/mol. The summed E-state index contributed by atoms with van der Waals surface area (Å²) >= 11 is 3.52. The highest BCUT2D eigenvalue weighted by atomic mass is 79.9. The van der Waals surface area contributed by atoms with Gasteiger partial charge in [0.1, 0.15) is 18.9 Å². The molecule has 0 fully saturated rings. The van der Waals surface area contributed by atoms with Gasteiger partial charge in [-0.05, 0) is 37.1 Å². The number of hydrogen-bond donors (Lipinski definition) is 2. The van der Waals surface area contributed by atoms with E-state index in [1.54, 1.807) is 0 Å². The van der Waals surface area contributed by atoms with Crippen LogP contribution in [0.3, 0.4) is 0 Å². The van der Waals surface area contributed by atoms with Crippen molar-refractivity contribution < 1.29 is 14.3 Å². The van der Waals surface area contributed by atoms with Gasteiger partial charge in [0.2, 0.25) is 0 Å². The summed E-state index contributed by atoms with van der Waals surface area (Å²) in [5.74, 6) is 0.881. The fourth-order valence-corrected chi connectivity index (χ4v) is 4.16. The number of rotatable bonds is 5. The second kappa shape index (κ2) is 8.54. The molecule has 1 unspecified atom stereocenters. The van der Waals surface area contributed by atoms with Crippen LogP contribution in [0, 0.1) is 0 Å². The van der Waals surface area contributed by atoms with Crippen LogP contribution >= 0.6 is 15.9 Å². The van der Waals surface area contributed by atoms with Crippen molar-refractivity contribution in [3.05, 3.63) is 60.8 Å². The van der Waals surface area contributed by atoms with Gasteiger partial charge in [-0.25, -0.2) is 9.78 Å². The summed E-state index contributed by atoms with van der Waals surface area (Å²) in [6, 6.07) is 4.74. The minimum atomic E-state index is -0.572. The number of hydrogen-bond acceptors (Lipinski definition) is 6. The number of aromatic amines is 1. The second-order valence-electron chi connectivity index (χ2n) is 7.22. The van der Waals surface area contributed by atoms with E-state index < -0.39 is 17.2 Å². The Hall–Kier alpha value is -3.14. The molecule has 162 valence electrons. The zero-order valence-corrected chi connectivity index (χ0v) is 18.6. The number of ether oxygens (including phenoxy) is 2. The summed E-state index contributed by atoms with van der Waals surface area (Å²) < 4.78 is 13.4. The van der Waals surface area contributed by atoms with Gasteiger partial charge >= 0.3 is 5.69 Å². The third-order valence-electron chi connectivity index (χ3n) is 5.02. The number of halogens is 1. The molecule has 3 aromatic rings. The van der Waals surface area contributed by atoms with E-state index in [2.05, 4.69) is 31.2 Å². The zero-order valence-electron chi connectivity index (χ0n) is 17.0. The number of H-pyrrole nitrogens is 1. The average molecular weight is 489 g/mol. The molecule has 0 saturated carbocycles. The summed E-state index contributed by atoms with van der Waals surface area (Å²) in [4.78, 5) is 43.7. The Labute approximate surface area is 185 Å². The largest absolute Gasteiger partial charge is 0.486 e. The fourth-order valence-electron chi connectivity index (χ4n) is 3.49. The number of nitrogens with one attached hydrogen (secondary N) is 2. The topological polar surface area (TPSA) is 115 Å². The van der Waals surface area contributed by atoms with Crippen LogP contribution in [-0.4, -0.2) is 33.7 Å². The maximum Gasteiger partial charge on any atom is 0.329 e. The Kier molecular flexibility index (Phi) is 5.81. The van der Waals surface area contributed by atoms with Crippen LogP contribution in [0.4, 0.5) is 0 Å². The van der Waals surface area contributed by atoms with Crippen LogP contribution in [0.5, 0.6) is 11.5 Å². The Bertz CT molecular complexity index is 1280. The highest BCUT2D eigenvalue weighted by Gasteiger charge is 2.20. The molecule has 4 rings (SSSR count). The van der Waals surface area contributed by atoms with E-state index in [0.717, 1.165) is 10.0 Å². The molecule has 3 heterocycles. The quantitative estimate of drug-likeness (QED) is 0.569. The molecule has 9 nitrogen and oxygen atoms in total. The van der Waals surface area contributed by atoms with E-state index in [-0.39, 0.29) is 22.6 Å². The first-order valence-electron chi connectivity index (χ1n) is 9.91. The monoisotopic (exact) mass is 488 g/mol. The lowest BCUT2D eigenvalue weighted by Gasteiger charge is -2.22. The number of carbonyl (C=O) groups is 1. The minimum Gasteiger partial charge on any atom is -0.486 e. The maximum atomic E-state index is 12.9. The van der Waals surface area contributed by atoms with Gasteiger partial charge in [0.15, 0.2) is 11.5 Å². The van der Waals surface area contributed by atoms with E-state index in [9.17, 15) is 14.4 Å². The van der Waals surface area contributed by atoms with E-state index in [1.807, 2.05) is 26.0 Å². The van der Waals surface area contributed by atoms with Crippen molar-refractivity contribution in [3.63, 3.8) is 0 Å². The Morgan fingerprint density at radius 2 is 1.97 bits per heavy atom.